The molecule has 3 N–H and O–H groups in total. The zero-order chi connectivity index (χ0) is 14.4. The van der Waals surface area contributed by atoms with E-state index in [9.17, 15) is 4.79 Å². The number of amides is 2. The van der Waals surface area contributed by atoms with Gasteiger partial charge in [-0.15, -0.1) is 0 Å². The maximum absolute atomic E-state index is 11.5. The smallest absolute Gasteiger partial charge is 0.315 e. The summed E-state index contributed by atoms with van der Waals surface area (Å²) < 4.78 is 5.36. The quantitative estimate of drug-likeness (QED) is 0.772. The number of nitrogens with zero attached hydrogens (tertiary/aromatic N) is 1. The highest BCUT2D eigenvalue weighted by Crippen LogP contribution is 2.17. The molecule has 2 rings (SSSR count). The van der Waals surface area contributed by atoms with E-state index in [1.807, 2.05) is 30.3 Å². The lowest BCUT2D eigenvalue weighted by molar-refractivity contribution is 0.220. The van der Waals surface area contributed by atoms with Gasteiger partial charge >= 0.3 is 6.03 Å². The fraction of sp³-hybridized carbons (Fsp3) is 0.286. The molecule has 1 atom stereocenters. The second-order valence-electron chi connectivity index (χ2n) is 4.42. The predicted molar refractivity (Wildman–Crippen MR) is 73.9 cm³/mol. The topological polar surface area (TPSA) is 87.4 Å². The first-order valence-electron chi connectivity index (χ1n) is 6.34. The van der Waals surface area contributed by atoms with Gasteiger partial charge < -0.3 is 20.2 Å². The van der Waals surface area contributed by atoms with E-state index in [0.717, 1.165) is 5.56 Å². The summed E-state index contributed by atoms with van der Waals surface area (Å²) >= 11 is 0. The van der Waals surface area contributed by atoms with Gasteiger partial charge in [0.25, 0.3) is 0 Å². The average Bonchev–Trinajstić information content (AvgIpc) is 2.95. The van der Waals surface area contributed by atoms with Crippen LogP contribution < -0.4 is 10.6 Å². The summed E-state index contributed by atoms with van der Waals surface area (Å²) in [6.07, 6.45) is 1.51. The van der Waals surface area contributed by atoms with Crippen molar-refractivity contribution in [2.24, 2.45) is 0 Å². The van der Waals surface area contributed by atoms with Crippen molar-refractivity contribution >= 4 is 6.03 Å². The minimum atomic E-state index is -0.351. The molecule has 1 heterocycles. The van der Waals surface area contributed by atoms with Gasteiger partial charge in [0.2, 0.25) is 5.89 Å². The number of hydrogen-bond acceptors (Lipinski definition) is 4. The van der Waals surface area contributed by atoms with E-state index in [0.29, 0.717) is 11.6 Å². The van der Waals surface area contributed by atoms with E-state index in [4.69, 9.17) is 9.52 Å². The molecule has 1 unspecified atom stereocenters. The standard InChI is InChI=1S/C14H17N3O3/c1-10(8-18)16-14(19)15-7-12-9-20-13(17-12)11-5-3-2-4-6-11/h2-6,9-10,18H,7-8H2,1H3,(H2,15,16,19). The second kappa shape index (κ2) is 6.72. The summed E-state index contributed by atoms with van der Waals surface area (Å²) in [4.78, 5) is 15.8. The third kappa shape index (κ3) is 3.83. The monoisotopic (exact) mass is 275 g/mol. The maximum Gasteiger partial charge on any atom is 0.315 e. The number of urea groups is 1. The molecule has 0 aliphatic heterocycles. The molecule has 0 aliphatic rings. The van der Waals surface area contributed by atoms with Gasteiger partial charge in [0, 0.05) is 5.56 Å². The van der Waals surface area contributed by atoms with Gasteiger partial charge in [0.15, 0.2) is 0 Å². The van der Waals surface area contributed by atoms with Crippen LogP contribution in [-0.2, 0) is 6.54 Å². The third-order valence-electron chi connectivity index (χ3n) is 2.65. The second-order valence-corrected chi connectivity index (χ2v) is 4.42. The number of benzene rings is 1. The Morgan fingerprint density at radius 1 is 1.40 bits per heavy atom. The Bertz CT molecular complexity index is 554. The Balaban J connectivity index is 1.89. The molecule has 6 heteroatoms. The number of carbonyl (C=O) groups excluding carboxylic acids is 1. The van der Waals surface area contributed by atoms with E-state index in [2.05, 4.69) is 15.6 Å². The van der Waals surface area contributed by atoms with Crippen LogP contribution in [0.15, 0.2) is 41.0 Å². The minimum absolute atomic E-state index is 0.102. The lowest BCUT2D eigenvalue weighted by Crippen LogP contribution is -2.41. The van der Waals surface area contributed by atoms with E-state index >= 15 is 0 Å². The Kier molecular flexibility index (Phi) is 4.73. The highest BCUT2D eigenvalue weighted by molar-refractivity contribution is 5.74. The summed E-state index contributed by atoms with van der Waals surface area (Å²) in [6, 6.07) is 8.89. The summed E-state index contributed by atoms with van der Waals surface area (Å²) in [7, 11) is 0. The van der Waals surface area contributed by atoms with Crippen LogP contribution in [0.25, 0.3) is 11.5 Å². The van der Waals surface area contributed by atoms with Crippen LogP contribution in [0.3, 0.4) is 0 Å². The number of carbonyl (C=O) groups is 1. The van der Waals surface area contributed by atoms with Gasteiger partial charge in [-0.25, -0.2) is 9.78 Å². The lowest BCUT2D eigenvalue weighted by atomic mass is 10.2. The molecule has 0 aliphatic carbocycles. The van der Waals surface area contributed by atoms with Crippen molar-refractivity contribution < 1.29 is 14.3 Å². The summed E-state index contributed by atoms with van der Waals surface area (Å²) in [5, 5.41) is 14.1. The van der Waals surface area contributed by atoms with Crippen LogP contribution in [0.1, 0.15) is 12.6 Å². The largest absolute Gasteiger partial charge is 0.444 e. The van der Waals surface area contributed by atoms with Crippen LogP contribution in [0.5, 0.6) is 0 Å². The Morgan fingerprint density at radius 2 is 2.15 bits per heavy atom. The highest BCUT2D eigenvalue weighted by Gasteiger charge is 2.09. The first-order chi connectivity index (χ1) is 9.69. The van der Waals surface area contributed by atoms with Crippen molar-refractivity contribution in [3.8, 4) is 11.5 Å². The van der Waals surface area contributed by atoms with Gasteiger partial charge in [-0.2, -0.15) is 0 Å². The Labute approximate surface area is 116 Å². The molecule has 0 bridgehead atoms. The van der Waals surface area contributed by atoms with Crippen molar-refractivity contribution in [3.63, 3.8) is 0 Å². The van der Waals surface area contributed by atoms with Crippen molar-refractivity contribution in [3.05, 3.63) is 42.3 Å². The number of oxazole rings is 1. The number of nitrogens with one attached hydrogen (secondary N) is 2. The fourth-order valence-corrected chi connectivity index (χ4v) is 1.59. The van der Waals surface area contributed by atoms with Crippen molar-refractivity contribution in [1.82, 2.24) is 15.6 Å². The first kappa shape index (κ1) is 14.1. The van der Waals surface area contributed by atoms with Crippen molar-refractivity contribution in [1.29, 1.82) is 0 Å². The maximum atomic E-state index is 11.5. The molecule has 1 aromatic heterocycles. The van der Waals surface area contributed by atoms with Crippen LogP contribution in [0.4, 0.5) is 4.79 Å². The van der Waals surface area contributed by atoms with Crippen LogP contribution in [0, 0.1) is 0 Å². The SMILES string of the molecule is CC(CO)NC(=O)NCc1coc(-c2ccccc2)n1. The van der Waals surface area contributed by atoms with E-state index in [1.165, 1.54) is 6.26 Å². The van der Waals surface area contributed by atoms with Crippen LogP contribution in [0.2, 0.25) is 0 Å². The first-order valence-corrected chi connectivity index (χ1v) is 6.34. The molecular weight excluding hydrogens is 258 g/mol. The molecule has 106 valence electrons. The van der Waals surface area contributed by atoms with Crippen LogP contribution in [-0.4, -0.2) is 28.8 Å². The van der Waals surface area contributed by atoms with Gasteiger partial charge in [-0.1, -0.05) is 18.2 Å². The number of rotatable bonds is 5. The zero-order valence-corrected chi connectivity index (χ0v) is 11.2. The third-order valence-corrected chi connectivity index (χ3v) is 2.65. The van der Waals surface area contributed by atoms with Crippen molar-refractivity contribution in [2.45, 2.75) is 19.5 Å². The molecule has 0 spiro atoms. The molecule has 2 aromatic rings. The molecule has 0 radical (unpaired) electrons. The van der Waals surface area contributed by atoms with Crippen LogP contribution >= 0.6 is 0 Å². The summed E-state index contributed by atoms with van der Waals surface area (Å²) in [5.74, 6) is 0.520. The Morgan fingerprint density at radius 3 is 2.85 bits per heavy atom. The lowest BCUT2D eigenvalue weighted by Gasteiger charge is -2.10. The summed E-state index contributed by atoms with van der Waals surface area (Å²) in [5.41, 5.74) is 1.52. The number of hydrogen-bond donors (Lipinski definition) is 3. The van der Waals surface area contributed by atoms with E-state index in [1.54, 1.807) is 6.92 Å². The fourth-order valence-electron chi connectivity index (χ4n) is 1.59. The van der Waals surface area contributed by atoms with Gasteiger partial charge in [-0.05, 0) is 19.1 Å². The number of aliphatic hydroxyl groups is 1. The predicted octanol–water partition coefficient (Wildman–Crippen LogP) is 1.52. The minimum Gasteiger partial charge on any atom is -0.444 e. The molecular formula is C14H17N3O3. The molecule has 6 nitrogen and oxygen atoms in total. The van der Waals surface area contributed by atoms with E-state index < -0.39 is 0 Å². The molecule has 2 amide bonds. The van der Waals surface area contributed by atoms with Crippen molar-refractivity contribution in [2.75, 3.05) is 6.61 Å². The highest BCUT2D eigenvalue weighted by atomic mass is 16.3. The molecule has 0 saturated carbocycles. The normalized spacial score (nSPS) is 11.9. The number of aromatic nitrogens is 1. The number of aliphatic hydroxyl groups excluding tert-OH is 1. The van der Waals surface area contributed by atoms with Gasteiger partial charge in [0.05, 0.1) is 24.9 Å². The molecule has 20 heavy (non-hydrogen) atoms. The Hall–Kier alpha value is -2.34. The molecule has 0 saturated heterocycles. The zero-order valence-electron chi connectivity index (χ0n) is 11.2. The summed E-state index contributed by atoms with van der Waals surface area (Å²) in [6.45, 7) is 1.87. The average molecular weight is 275 g/mol. The molecule has 0 fully saturated rings. The molecule has 1 aromatic carbocycles. The van der Waals surface area contributed by atoms with Gasteiger partial charge in [0.1, 0.15) is 6.26 Å². The van der Waals surface area contributed by atoms with Gasteiger partial charge in [-0.3, -0.25) is 0 Å². The van der Waals surface area contributed by atoms with E-state index in [-0.39, 0.29) is 25.2 Å².